The van der Waals surface area contributed by atoms with Crippen molar-refractivity contribution in [1.82, 2.24) is 4.98 Å². The van der Waals surface area contributed by atoms with E-state index in [1.54, 1.807) is 0 Å². The van der Waals surface area contributed by atoms with Crippen molar-refractivity contribution in [3.63, 3.8) is 0 Å². The lowest BCUT2D eigenvalue weighted by Crippen LogP contribution is -2.50. The van der Waals surface area contributed by atoms with Crippen LogP contribution < -0.4 is 10.2 Å². The molecule has 5 nitrogen and oxygen atoms in total. The van der Waals surface area contributed by atoms with Gasteiger partial charge >= 0.3 is 24.2 Å². The summed E-state index contributed by atoms with van der Waals surface area (Å²) in [5, 5.41) is 2.45. The zero-order valence-electron chi connectivity index (χ0n) is 19.9. The van der Waals surface area contributed by atoms with Crippen LogP contribution in [-0.2, 0) is 11.8 Å². The average Bonchev–Trinajstić information content (AvgIpc) is 2.85. The fourth-order valence-electron chi connectivity index (χ4n) is 3.62. The number of aromatic nitrogens is 1. The summed E-state index contributed by atoms with van der Waals surface area (Å²) in [5.74, 6) is -1.88. The maximum atomic E-state index is 14.6. The molecular formula is C24H13Br2F10N3O2. The van der Waals surface area contributed by atoms with Crippen LogP contribution in [0.25, 0.3) is 0 Å². The van der Waals surface area contributed by atoms with Crippen molar-refractivity contribution in [2.75, 3.05) is 17.3 Å². The number of nitrogens with zero attached hydrogens (tertiary/aromatic N) is 2. The Labute approximate surface area is 240 Å². The molecule has 0 radical (unpaired) electrons. The summed E-state index contributed by atoms with van der Waals surface area (Å²) in [6.45, 7) is 0. The number of nitrogens with one attached hydrogen (secondary N) is 1. The third-order valence-electron chi connectivity index (χ3n) is 5.56. The molecule has 0 saturated carbocycles. The van der Waals surface area contributed by atoms with Crippen LogP contribution in [-0.4, -0.2) is 36.2 Å². The fourth-order valence-corrected chi connectivity index (χ4v) is 4.78. The van der Waals surface area contributed by atoms with Crippen LogP contribution in [0.3, 0.4) is 0 Å². The van der Waals surface area contributed by atoms with Crippen molar-refractivity contribution >= 4 is 55.0 Å². The molecule has 0 unspecified atom stereocenters. The third kappa shape index (κ3) is 6.34. The van der Waals surface area contributed by atoms with Gasteiger partial charge in [-0.15, -0.1) is 0 Å². The van der Waals surface area contributed by atoms with Crippen molar-refractivity contribution < 1.29 is 53.5 Å². The number of halogens is 12. The average molecular weight is 725 g/mol. The lowest BCUT2D eigenvalue weighted by molar-refractivity contribution is -0.348. The Balaban J connectivity index is 2.06. The zero-order chi connectivity index (χ0) is 31.1. The summed E-state index contributed by atoms with van der Waals surface area (Å²) in [5.41, 5.74) is -12.1. The van der Waals surface area contributed by atoms with E-state index in [0.717, 1.165) is 19.2 Å². The summed E-state index contributed by atoms with van der Waals surface area (Å²) < 4.78 is 135. The number of hydrogen-bond donors (Lipinski definition) is 1. The molecule has 0 fully saturated rings. The molecule has 41 heavy (non-hydrogen) atoms. The number of alkyl halides is 10. The maximum absolute atomic E-state index is 14.6. The molecule has 0 saturated heterocycles. The second-order valence-electron chi connectivity index (χ2n) is 8.25. The van der Waals surface area contributed by atoms with Crippen molar-refractivity contribution in [2.45, 2.75) is 24.2 Å². The van der Waals surface area contributed by atoms with Gasteiger partial charge in [0.15, 0.2) is 0 Å². The number of benzene rings is 2. The smallest absolute Gasteiger partial charge is 0.322 e. The van der Waals surface area contributed by atoms with Crippen LogP contribution in [0.15, 0.2) is 63.8 Å². The minimum Gasteiger partial charge on any atom is -0.322 e. The van der Waals surface area contributed by atoms with Gasteiger partial charge in [-0.05, 0) is 74.3 Å². The van der Waals surface area contributed by atoms with Crippen LogP contribution in [0, 0.1) is 0 Å². The zero-order valence-corrected chi connectivity index (χ0v) is 23.1. The molecule has 17 heteroatoms. The Morgan fingerprint density at radius 2 is 1.46 bits per heavy atom. The number of hydrogen-bond acceptors (Lipinski definition) is 3. The normalized spacial score (nSPS) is 12.7. The van der Waals surface area contributed by atoms with Gasteiger partial charge in [0.05, 0.1) is 16.8 Å². The molecule has 0 aliphatic rings. The molecule has 2 aromatic carbocycles. The van der Waals surface area contributed by atoms with Gasteiger partial charge in [0.25, 0.3) is 11.8 Å². The molecule has 0 aliphatic carbocycles. The van der Waals surface area contributed by atoms with E-state index in [0.29, 0.717) is 4.90 Å². The molecule has 2 amide bonds. The van der Waals surface area contributed by atoms with E-state index in [9.17, 15) is 53.5 Å². The van der Waals surface area contributed by atoms with E-state index in [2.05, 4.69) is 42.2 Å². The highest BCUT2D eigenvalue weighted by atomic mass is 79.9. The number of amides is 2. The Hall–Kier alpha value is -3.21. The second-order valence-corrected chi connectivity index (χ2v) is 9.85. The predicted octanol–water partition coefficient (Wildman–Crippen LogP) is 8.44. The van der Waals surface area contributed by atoms with Crippen molar-refractivity contribution in [1.29, 1.82) is 0 Å². The first-order chi connectivity index (χ1) is 18.7. The fraction of sp³-hybridized carbons (Fsp3) is 0.208. The van der Waals surface area contributed by atoms with E-state index < -0.39 is 63.4 Å². The first kappa shape index (κ1) is 32.3. The van der Waals surface area contributed by atoms with E-state index in [1.165, 1.54) is 30.5 Å². The Morgan fingerprint density at radius 1 is 0.854 bits per heavy atom. The Bertz CT molecular complexity index is 1480. The highest BCUT2D eigenvalue weighted by molar-refractivity contribution is 9.10. The Kier molecular flexibility index (Phi) is 8.85. The Morgan fingerprint density at radius 3 is 2.00 bits per heavy atom. The second kappa shape index (κ2) is 11.2. The molecule has 220 valence electrons. The van der Waals surface area contributed by atoms with Crippen LogP contribution in [0.2, 0.25) is 0 Å². The van der Waals surface area contributed by atoms with Gasteiger partial charge in [0.2, 0.25) is 0 Å². The summed E-state index contributed by atoms with van der Waals surface area (Å²) in [6.07, 6.45) is -17.6. The van der Waals surface area contributed by atoms with E-state index in [1.807, 2.05) is 0 Å². The van der Waals surface area contributed by atoms with E-state index in [4.69, 9.17) is 0 Å². The molecule has 0 atom stereocenters. The first-order valence-corrected chi connectivity index (χ1v) is 12.3. The molecule has 0 spiro atoms. The molecular weight excluding hydrogens is 712 g/mol. The minimum absolute atomic E-state index is 0.00743. The standard InChI is InChI=1S/C24H13Br2F10N3O2/c1-39(20(41)11-4-2-5-13(8-11)38-19(40)14-6-3-7-37-18(14)26)17-15(22(28,29)30)9-12(10-16(17)25)21(27,23(31,32)33)24(34,35)36/h2-10H,1H3,(H,38,40). The van der Waals surface area contributed by atoms with E-state index in [-0.39, 0.29) is 27.5 Å². The summed E-state index contributed by atoms with van der Waals surface area (Å²) in [6, 6.07) is 6.89. The topological polar surface area (TPSA) is 62.3 Å². The molecule has 3 rings (SSSR count). The number of carbonyl (C=O) groups is 2. The monoisotopic (exact) mass is 723 g/mol. The molecule has 3 aromatic rings. The molecule has 0 aliphatic heterocycles. The van der Waals surface area contributed by atoms with Gasteiger partial charge in [-0.3, -0.25) is 9.59 Å². The van der Waals surface area contributed by atoms with Crippen LogP contribution >= 0.6 is 31.9 Å². The van der Waals surface area contributed by atoms with E-state index >= 15 is 0 Å². The summed E-state index contributed by atoms with van der Waals surface area (Å²) in [4.78, 5) is 29.8. The largest absolute Gasteiger partial charge is 0.435 e. The predicted molar refractivity (Wildman–Crippen MR) is 133 cm³/mol. The lowest BCUT2D eigenvalue weighted by Gasteiger charge is -2.32. The van der Waals surface area contributed by atoms with Crippen LogP contribution in [0.1, 0.15) is 31.8 Å². The number of pyridine rings is 1. The minimum atomic E-state index is -6.67. The van der Waals surface area contributed by atoms with Crippen molar-refractivity contribution in [3.8, 4) is 0 Å². The maximum Gasteiger partial charge on any atom is 0.435 e. The van der Waals surface area contributed by atoms with Gasteiger partial charge in [-0.2, -0.15) is 39.5 Å². The van der Waals surface area contributed by atoms with Gasteiger partial charge in [0.1, 0.15) is 4.60 Å². The number of rotatable bonds is 5. The van der Waals surface area contributed by atoms with Crippen molar-refractivity contribution in [3.05, 3.63) is 86.1 Å². The van der Waals surface area contributed by atoms with Gasteiger partial charge in [0, 0.05) is 34.5 Å². The lowest BCUT2D eigenvalue weighted by atomic mass is 9.91. The molecule has 1 N–H and O–H groups in total. The molecule has 1 heterocycles. The highest BCUT2D eigenvalue weighted by Crippen LogP contribution is 2.55. The van der Waals surface area contributed by atoms with Gasteiger partial charge < -0.3 is 10.2 Å². The number of anilines is 2. The van der Waals surface area contributed by atoms with Crippen LogP contribution in [0.5, 0.6) is 0 Å². The molecule has 1 aromatic heterocycles. The van der Waals surface area contributed by atoms with Crippen LogP contribution in [0.4, 0.5) is 55.3 Å². The SMILES string of the molecule is CN(C(=O)c1cccc(NC(=O)c2cccnc2Br)c1)c1c(Br)cc(C(F)(C(F)(F)F)C(F)(F)F)cc1C(F)(F)F. The number of carbonyl (C=O) groups excluding carboxylic acids is 2. The molecule has 0 bridgehead atoms. The highest BCUT2D eigenvalue weighted by Gasteiger charge is 2.73. The third-order valence-corrected chi connectivity index (χ3v) is 6.80. The van der Waals surface area contributed by atoms with Gasteiger partial charge in [-0.1, -0.05) is 6.07 Å². The van der Waals surface area contributed by atoms with Crippen molar-refractivity contribution in [2.24, 2.45) is 0 Å². The first-order valence-electron chi connectivity index (χ1n) is 10.7. The van der Waals surface area contributed by atoms with Gasteiger partial charge in [-0.25, -0.2) is 9.37 Å². The summed E-state index contributed by atoms with van der Waals surface area (Å²) in [7, 11) is 0.769. The summed E-state index contributed by atoms with van der Waals surface area (Å²) >= 11 is 5.56. The quantitative estimate of drug-likeness (QED) is 0.212.